The summed E-state index contributed by atoms with van der Waals surface area (Å²) in [7, 11) is 4.54. The van der Waals surface area contributed by atoms with Crippen molar-refractivity contribution in [3.8, 4) is 17.2 Å². The van der Waals surface area contributed by atoms with Gasteiger partial charge in [-0.05, 0) is 41.8 Å². The molecule has 0 amide bonds. The first-order valence-corrected chi connectivity index (χ1v) is 9.93. The average molecular weight is 425 g/mol. The predicted octanol–water partition coefficient (Wildman–Crippen LogP) is 3.52. The van der Waals surface area contributed by atoms with Gasteiger partial charge in [-0.25, -0.2) is 0 Å². The summed E-state index contributed by atoms with van der Waals surface area (Å²) in [6, 6.07) is 11.2. The third kappa shape index (κ3) is 5.06. The van der Waals surface area contributed by atoms with Crippen molar-refractivity contribution in [2.45, 2.75) is 13.5 Å². The number of ketones is 1. The molecule has 1 fully saturated rings. The topological polar surface area (TPSA) is 85.3 Å². The second-order valence-electron chi connectivity index (χ2n) is 7.53. The molecule has 0 atom stereocenters. The Morgan fingerprint density at radius 3 is 2.06 bits per heavy atom. The van der Waals surface area contributed by atoms with Crippen molar-refractivity contribution in [1.82, 2.24) is 4.90 Å². The molecular formula is C24H27NO6. The van der Waals surface area contributed by atoms with Crippen molar-refractivity contribution in [3.05, 3.63) is 59.2 Å². The van der Waals surface area contributed by atoms with E-state index in [4.69, 9.17) is 19.3 Å². The maximum Gasteiger partial charge on any atom is 0.309 e. The molecule has 0 radical (unpaired) electrons. The maximum atomic E-state index is 12.8. The number of hydrogen-bond donors (Lipinski definition) is 1. The minimum atomic E-state index is -0.732. The highest BCUT2D eigenvalue weighted by atomic mass is 16.5. The van der Waals surface area contributed by atoms with E-state index < -0.39 is 5.97 Å². The molecular weight excluding hydrogens is 398 g/mol. The SMILES string of the molecule is COc1cc(C(=O)/C=C(/C)c2ccc(CN3CC(C(=O)O)C3)cc2)cc(OC)c1OC. The molecule has 1 aliphatic heterocycles. The number of rotatable bonds is 9. The molecule has 1 N–H and O–H groups in total. The van der Waals surface area contributed by atoms with Crippen molar-refractivity contribution < 1.29 is 28.9 Å². The number of benzene rings is 2. The molecule has 7 nitrogen and oxygen atoms in total. The minimum absolute atomic E-state index is 0.166. The molecule has 3 rings (SSSR count). The first-order chi connectivity index (χ1) is 14.9. The van der Waals surface area contributed by atoms with Crippen LogP contribution in [-0.2, 0) is 11.3 Å². The number of methoxy groups -OCH3 is 3. The summed E-state index contributed by atoms with van der Waals surface area (Å²) in [4.78, 5) is 25.8. The van der Waals surface area contributed by atoms with E-state index in [1.54, 1.807) is 18.2 Å². The fraction of sp³-hybridized carbons (Fsp3) is 0.333. The quantitative estimate of drug-likeness (QED) is 0.486. The number of hydrogen-bond acceptors (Lipinski definition) is 6. The Hall–Kier alpha value is -3.32. The van der Waals surface area contributed by atoms with Gasteiger partial charge < -0.3 is 19.3 Å². The summed E-state index contributed by atoms with van der Waals surface area (Å²) in [6.07, 6.45) is 1.59. The van der Waals surface area contributed by atoms with Gasteiger partial charge in [-0.2, -0.15) is 0 Å². The van der Waals surface area contributed by atoms with Crippen LogP contribution in [0.3, 0.4) is 0 Å². The molecule has 0 aromatic heterocycles. The highest BCUT2D eigenvalue weighted by Gasteiger charge is 2.32. The van der Waals surface area contributed by atoms with Gasteiger partial charge >= 0.3 is 5.97 Å². The van der Waals surface area contributed by atoms with Gasteiger partial charge in [0.25, 0.3) is 0 Å². The Morgan fingerprint density at radius 1 is 1.00 bits per heavy atom. The largest absolute Gasteiger partial charge is 0.493 e. The molecule has 0 bridgehead atoms. The van der Waals surface area contributed by atoms with Crippen LogP contribution in [0.1, 0.15) is 28.4 Å². The van der Waals surface area contributed by atoms with Crippen LogP contribution in [0.4, 0.5) is 0 Å². The Balaban J connectivity index is 1.71. The minimum Gasteiger partial charge on any atom is -0.493 e. The number of likely N-dealkylation sites (tertiary alicyclic amines) is 1. The van der Waals surface area contributed by atoms with Gasteiger partial charge in [-0.1, -0.05) is 24.3 Å². The molecule has 31 heavy (non-hydrogen) atoms. The van der Waals surface area contributed by atoms with Crippen LogP contribution in [-0.4, -0.2) is 56.2 Å². The smallest absolute Gasteiger partial charge is 0.309 e. The molecule has 1 heterocycles. The van der Waals surface area contributed by atoms with E-state index in [1.807, 2.05) is 31.2 Å². The molecule has 0 aliphatic carbocycles. The second-order valence-corrected chi connectivity index (χ2v) is 7.53. The van der Waals surface area contributed by atoms with E-state index in [0.717, 1.165) is 23.2 Å². The number of carboxylic acids is 1. The van der Waals surface area contributed by atoms with Crippen LogP contribution in [0.2, 0.25) is 0 Å². The Bertz CT molecular complexity index is 965. The lowest BCUT2D eigenvalue weighted by Crippen LogP contribution is -2.49. The molecule has 1 aliphatic rings. The van der Waals surface area contributed by atoms with Gasteiger partial charge in [0.15, 0.2) is 17.3 Å². The lowest BCUT2D eigenvalue weighted by molar-refractivity contribution is -0.147. The fourth-order valence-electron chi connectivity index (χ4n) is 3.57. The van der Waals surface area contributed by atoms with Crippen molar-refractivity contribution in [3.63, 3.8) is 0 Å². The normalized spacial score (nSPS) is 14.6. The molecule has 1 saturated heterocycles. The zero-order valence-electron chi connectivity index (χ0n) is 18.2. The molecule has 7 heteroatoms. The molecule has 164 valence electrons. The van der Waals surface area contributed by atoms with E-state index in [-0.39, 0.29) is 11.7 Å². The molecule has 2 aromatic rings. The number of ether oxygens (including phenoxy) is 3. The fourth-order valence-corrected chi connectivity index (χ4v) is 3.57. The average Bonchev–Trinajstić information content (AvgIpc) is 2.74. The van der Waals surface area contributed by atoms with Crippen molar-refractivity contribution >= 4 is 17.3 Å². The van der Waals surface area contributed by atoms with Gasteiger partial charge in [0.2, 0.25) is 5.75 Å². The maximum absolute atomic E-state index is 12.8. The van der Waals surface area contributed by atoms with Crippen molar-refractivity contribution in [2.75, 3.05) is 34.4 Å². The summed E-state index contributed by atoms with van der Waals surface area (Å²) >= 11 is 0. The van der Waals surface area contributed by atoms with E-state index in [0.29, 0.717) is 35.9 Å². The van der Waals surface area contributed by atoms with Gasteiger partial charge in [-0.15, -0.1) is 0 Å². The molecule has 2 aromatic carbocycles. The van der Waals surface area contributed by atoms with Gasteiger partial charge in [0.1, 0.15) is 0 Å². The Labute approximate surface area is 181 Å². The highest BCUT2D eigenvalue weighted by Crippen LogP contribution is 2.38. The number of carbonyl (C=O) groups is 2. The first-order valence-electron chi connectivity index (χ1n) is 9.93. The van der Waals surface area contributed by atoms with E-state index in [9.17, 15) is 9.59 Å². The van der Waals surface area contributed by atoms with E-state index in [1.165, 1.54) is 21.3 Å². The van der Waals surface area contributed by atoms with Crippen LogP contribution >= 0.6 is 0 Å². The third-order valence-corrected chi connectivity index (χ3v) is 5.42. The number of nitrogens with zero attached hydrogens (tertiary/aromatic N) is 1. The summed E-state index contributed by atoms with van der Waals surface area (Å²) < 4.78 is 15.9. The predicted molar refractivity (Wildman–Crippen MR) is 117 cm³/mol. The second kappa shape index (κ2) is 9.66. The Morgan fingerprint density at radius 2 is 1.58 bits per heavy atom. The summed E-state index contributed by atoms with van der Waals surface area (Å²) in [5.41, 5.74) is 3.32. The van der Waals surface area contributed by atoms with Crippen LogP contribution in [0.5, 0.6) is 17.2 Å². The van der Waals surface area contributed by atoms with Crippen LogP contribution < -0.4 is 14.2 Å². The monoisotopic (exact) mass is 425 g/mol. The third-order valence-electron chi connectivity index (χ3n) is 5.42. The van der Waals surface area contributed by atoms with Crippen LogP contribution in [0.15, 0.2) is 42.5 Å². The van der Waals surface area contributed by atoms with Crippen molar-refractivity contribution in [2.24, 2.45) is 5.92 Å². The molecule has 0 unspecified atom stereocenters. The molecule has 0 spiro atoms. The van der Waals surface area contributed by atoms with Gasteiger partial charge in [-0.3, -0.25) is 14.5 Å². The number of allylic oxidation sites excluding steroid dienone is 2. The number of carboxylic acid groups (broad SMARTS) is 1. The lowest BCUT2D eigenvalue weighted by Gasteiger charge is -2.36. The first kappa shape index (κ1) is 22.4. The van der Waals surface area contributed by atoms with E-state index in [2.05, 4.69) is 4.90 Å². The number of carbonyl (C=O) groups excluding carboxylic acids is 1. The standard InChI is InChI=1S/C24H27NO6/c1-15(9-20(26)18-10-21(29-2)23(31-4)22(11-18)30-3)17-7-5-16(6-8-17)12-25-13-19(14-25)24(27)28/h5-11,19H,12-14H2,1-4H3,(H,27,28)/b15-9-. The summed E-state index contributed by atoms with van der Waals surface area (Å²) in [5, 5.41) is 8.97. The molecule has 0 saturated carbocycles. The Kier molecular flexibility index (Phi) is 6.97. The lowest BCUT2D eigenvalue weighted by atomic mass is 9.98. The van der Waals surface area contributed by atoms with Gasteiger partial charge in [0, 0.05) is 25.2 Å². The van der Waals surface area contributed by atoms with E-state index >= 15 is 0 Å². The zero-order chi connectivity index (χ0) is 22.5. The van der Waals surface area contributed by atoms with Crippen LogP contribution in [0, 0.1) is 5.92 Å². The van der Waals surface area contributed by atoms with Crippen molar-refractivity contribution in [1.29, 1.82) is 0 Å². The number of aliphatic carboxylic acids is 1. The summed E-state index contributed by atoms with van der Waals surface area (Å²) in [6.45, 7) is 3.77. The highest BCUT2D eigenvalue weighted by molar-refractivity contribution is 6.09. The van der Waals surface area contributed by atoms with Crippen LogP contribution in [0.25, 0.3) is 5.57 Å². The van der Waals surface area contributed by atoms with Gasteiger partial charge in [0.05, 0.1) is 27.2 Å². The zero-order valence-corrected chi connectivity index (χ0v) is 18.2. The summed E-state index contributed by atoms with van der Waals surface area (Å²) in [5.74, 6) is 0.138.